The van der Waals surface area contributed by atoms with E-state index in [1.54, 1.807) is 13.2 Å². The third-order valence-corrected chi connectivity index (χ3v) is 6.13. The molecule has 1 aliphatic carbocycles. The SMILES string of the molecule is COc1ccccc1/C=C(/C(=O)OCC(=O)N[C@@H]1CCC[C@H](C)[C@H]1C)c1ccccc1. The van der Waals surface area contributed by atoms with Crippen LogP contribution in [0, 0.1) is 11.8 Å². The Kier molecular flexibility index (Phi) is 7.88. The predicted octanol–water partition coefficient (Wildman–Crippen LogP) is 4.72. The number of methoxy groups -OCH3 is 1. The van der Waals surface area contributed by atoms with Gasteiger partial charge in [-0.25, -0.2) is 4.79 Å². The molecule has 5 heteroatoms. The Hall–Kier alpha value is -3.08. The molecular formula is C26H31NO4. The lowest BCUT2D eigenvalue weighted by molar-refractivity contribution is -0.143. The molecule has 0 saturated heterocycles. The summed E-state index contributed by atoms with van der Waals surface area (Å²) in [5.74, 6) is 0.844. The van der Waals surface area contributed by atoms with E-state index in [9.17, 15) is 9.59 Å². The molecule has 31 heavy (non-hydrogen) atoms. The van der Waals surface area contributed by atoms with Gasteiger partial charge in [-0.3, -0.25) is 4.79 Å². The number of rotatable bonds is 7. The van der Waals surface area contributed by atoms with Gasteiger partial charge in [-0.2, -0.15) is 0 Å². The van der Waals surface area contributed by atoms with Crippen LogP contribution in [0.5, 0.6) is 5.75 Å². The molecule has 164 valence electrons. The average molecular weight is 422 g/mol. The van der Waals surface area contributed by atoms with Crippen LogP contribution in [0.3, 0.4) is 0 Å². The van der Waals surface area contributed by atoms with Gasteiger partial charge in [-0.15, -0.1) is 0 Å². The second-order valence-electron chi connectivity index (χ2n) is 8.18. The van der Waals surface area contributed by atoms with Crippen LogP contribution in [0.2, 0.25) is 0 Å². The van der Waals surface area contributed by atoms with Crippen molar-refractivity contribution in [1.82, 2.24) is 5.32 Å². The van der Waals surface area contributed by atoms with Crippen molar-refractivity contribution < 1.29 is 19.1 Å². The fourth-order valence-electron chi connectivity index (χ4n) is 4.06. The van der Waals surface area contributed by atoms with Crippen molar-refractivity contribution in [3.63, 3.8) is 0 Å². The molecule has 3 atom stereocenters. The zero-order valence-electron chi connectivity index (χ0n) is 18.5. The van der Waals surface area contributed by atoms with E-state index >= 15 is 0 Å². The van der Waals surface area contributed by atoms with Gasteiger partial charge in [-0.1, -0.05) is 75.2 Å². The Labute approximate surface area is 184 Å². The number of esters is 1. The summed E-state index contributed by atoms with van der Waals surface area (Å²) in [7, 11) is 1.59. The first kappa shape index (κ1) is 22.6. The minimum atomic E-state index is -0.544. The molecule has 0 heterocycles. The van der Waals surface area contributed by atoms with Crippen molar-refractivity contribution >= 4 is 23.5 Å². The summed E-state index contributed by atoms with van der Waals surface area (Å²) in [5.41, 5.74) is 1.85. The van der Waals surface area contributed by atoms with Crippen LogP contribution in [0.25, 0.3) is 11.6 Å². The number of benzene rings is 2. The molecule has 5 nitrogen and oxygen atoms in total. The fraction of sp³-hybridized carbons (Fsp3) is 0.385. The summed E-state index contributed by atoms with van der Waals surface area (Å²) in [4.78, 5) is 25.4. The summed E-state index contributed by atoms with van der Waals surface area (Å²) in [6.45, 7) is 4.09. The fourth-order valence-corrected chi connectivity index (χ4v) is 4.06. The Morgan fingerprint density at radius 1 is 1.03 bits per heavy atom. The van der Waals surface area contributed by atoms with Crippen molar-refractivity contribution in [3.05, 3.63) is 65.7 Å². The number of amides is 1. The maximum atomic E-state index is 12.9. The van der Waals surface area contributed by atoms with Gasteiger partial charge in [0.1, 0.15) is 5.75 Å². The van der Waals surface area contributed by atoms with Crippen LogP contribution in [0.1, 0.15) is 44.2 Å². The van der Waals surface area contributed by atoms with Crippen molar-refractivity contribution in [2.45, 2.75) is 39.2 Å². The maximum absolute atomic E-state index is 12.9. The topological polar surface area (TPSA) is 64.6 Å². The van der Waals surface area contributed by atoms with Crippen LogP contribution in [-0.2, 0) is 14.3 Å². The van der Waals surface area contributed by atoms with Gasteiger partial charge < -0.3 is 14.8 Å². The van der Waals surface area contributed by atoms with E-state index in [1.807, 2.05) is 54.6 Å². The first-order valence-electron chi connectivity index (χ1n) is 10.9. The lowest BCUT2D eigenvalue weighted by Crippen LogP contribution is -2.45. The number of carbonyl (C=O) groups is 2. The number of hydrogen-bond donors (Lipinski definition) is 1. The van der Waals surface area contributed by atoms with Crippen molar-refractivity contribution in [1.29, 1.82) is 0 Å². The molecule has 3 rings (SSSR count). The van der Waals surface area contributed by atoms with Gasteiger partial charge >= 0.3 is 5.97 Å². The number of ether oxygens (including phenoxy) is 2. The second kappa shape index (κ2) is 10.8. The molecule has 2 aromatic carbocycles. The highest BCUT2D eigenvalue weighted by atomic mass is 16.5. The van der Waals surface area contributed by atoms with E-state index in [0.29, 0.717) is 28.7 Å². The molecule has 0 aromatic heterocycles. The lowest BCUT2D eigenvalue weighted by atomic mass is 9.78. The Bertz CT molecular complexity index is 922. The summed E-state index contributed by atoms with van der Waals surface area (Å²) in [6, 6.07) is 16.9. The first-order valence-corrected chi connectivity index (χ1v) is 10.9. The van der Waals surface area contributed by atoms with Crippen molar-refractivity contribution in [2.24, 2.45) is 11.8 Å². The van der Waals surface area contributed by atoms with E-state index in [2.05, 4.69) is 19.2 Å². The number of nitrogens with one attached hydrogen (secondary N) is 1. The van der Waals surface area contributed by atoms with Gasteiger partial charge in [0.15, 0.2) is 6.61 Å². The molecule has 0 bridgehead atoms. The van der Waals surface area contributed by atoms with Crippen LogP contribution < -0.4 is 10.1 Å². The molecule has 1 aliphatic rings. The lowest BCUT2D eigenvalue weighted by Gasteiger charge is -2.34. The highest BCUT2D eigenvalue weighted by molar-refractivity contribution is 6.22. The van der Waals surface area contributed by atoms with Crippen LogP contribution in [0.15, 0.2) is 54.6 Å². The Morgan fingerprint density at radius 3 is 2.48 bits per heavy atom. The Balaban J connectivity index is 1.72. The van der Waals surface area contributed by atoms with Crippen molar-refractivity contribution in [3.8, 4) is 5.75 Å². The molecular weight excluding hydrogens is 390 g/mol. The zero-order chi connectivity index (χ0) is 22.2. The molecule has 2 aromatic rings. The third kappa shape index (κ3) is 5.97. The van der Waals surface area contributed by atoms with E-state index in [-0.39, 0.29) is 18.6 Å². The molecule has 0 spiro atoms. The van der Waals surface area contributed by atoms with Gasteiger partial charge in [0.2, 0.25) is 0 Å². The monoisotopic (exact) mass is 421 g/mol. The molecule has 1 amide bonds. The first-order chi connectivity index (χ1) is 15.0. The summed E-state index contributed by atoms with van der Waals surface area (Å²) < 4.78 is 10.8. The smallest absolute Gasteiger partial charge is 0.339 e. The number of carbonyl (C=O) groups excluding carboxylic acids is 2. The summed E-state index contributed by atoms with van der Waals surface area (Å²) in [5, 5.41) is 3.05. The number of para-hydroxylation sites is 1. The van der Waals surface area contributed by atoms with E-state index in [0.717, 1.165) is 18.4 Å². The summed E-state index contributed by atoms with van der Waals surface area (Å²) in [6.07, 6.45) is 5.00. The van der Waals surface area contributed by atoms with Crippen LogP contribution in [0.4, 0.5) is 0 Å². The molecule has 0 unspecified atom stereocenters. The van der Waals surface area contributed by atoms with Gasteiger partial charge in [0, 0.05) is 11.6 Å². The van der Waals surface area contributed by atoms with Crippen LogP contribution in [-0.4, -0.2) is 31.6 Å². The maximum Gasteiger partial charge on any atom is 0.339 e. The van der Waals surface area contributed by atoms with Gasteiger partial charge in [-0.05, 0) is 36.0 Å². The minimum Gasteiger partial charge on any atom is -0.496 e. The predicted molar refractivity (Wildman–Crippen MR) is 122 cm³/mol. The highest BCUT2D eigenvalue weighted by Crippen LogP contribution is 2.29. The average Bonchev–Trinajstić information content (AvgIpc) is 2.79. The largest absolute Gasteiger partial charge is 0.496 e. The van der Waals surface area contributed by atoms with Crippen LogP contribution >= 0.6 is 0 Å². The normalized spacial score (nSPS) is 21.3. The van der Waals surface area contributed by atoms with E-state index < -0.39 is 5.97 Å². The van der Waals surface area contributed by atoms with Gasteiger partial charge in [0.25, 0.3) is 5.91 Å². The number of hydrogen-bond acceptors (Lipinski definition) is 4. The molecule has 1 N–H and O–H groups in total. The third-order valence-electron chi connectivity index (χ3n) is 6.13. The summed E-state index contributed by atoms with van der Waals surface area (Å²) >= 11 is 0. The molecule has 1 fully saturated rings. The van der Waals surface area contributed by atoms with E-state index in [4.69, 9.17) is 9.47 Å². The quantitative estimate of drug-likeness (QED) is 0.399. The standard InChI is InChI=1S/C26H31NO4/c1-18-10-9-14-23(19(18)2)27-25(28)17-31-26(29)22(20-11-5-4-6-12-20)16-21-13-7-8-15-24(21)30-3/h4-8,11-13,15-16,18-19,23H,9-10,14,17H2,1-3H3,(H,27,28)/b22-16+/t18-,19+,23+/m0/s1. The zero-order valence-corrected chi connectivity index (χ0v) is 18.5. The second-order valence-corrected chi connectivity index (χ2v) is 8.18. The molecule has 1 saturated carbocycles. The highest BCUT2D eigenvalue weighted by Gasteiger charge is 2.28. The van der Waals surface area contributed by atoms with Crippen molar-refractivity contribution in [2.75, 3.05) is 13.7 Å². The molecule has 0 aliphatic heterocycles. The molecule has 0 radical (unpaired) electrons. The van der Waals surface area contributed by atoms with Gasteiger partial charge in [0.05, 0.1) is 12.7 Å². The van der Waals surface area contributed by atoms with E-state index in [1.165, 1.54) is 6.42 Å². The Morgan fingerprint density at radius 2 is 1.74 bits per heavy atom. The minimum absolute atomic E-state index is 0.132.